The summed E-state index contributed by atoms with van der Waals surface area (Å²) in [5, 5.41) is 0. The summed E-state index contributed by atoms with van der Waals surface area (Å²) < 4.78 is 98.4. The van der Waals surface area contributed by atoms with Crippen molar-refractivity contribution < 1.29 is 49.6 Å². The highest BCUT2D eigenvalue weighted by Crippen LogP contribution is 2.33. The molecule has 2 aromatic carbocycles. The minimum Gasteiger partial charge on any atom is -0.744 e. The molecular weight excluding hydrogens is 575 g/mol. The van der Waals surface area contributed by atoms with E-state index in [1.54, 1.807) is 43.4 Å². The Bertz CT molecular complexity index is 1180. The van der Waals surface area contributed by atoms with E-state index >= 15 is 0 Å². The van der Waals surface area contributed by atoms with E-state index in [9.17, 15) is 40.1 Å². The van der Waals surface area contributed by atoms with Gasteiger partial charge in [0, 0.05) is 0 Å². The van der Waals surface area contributed by atoms with E-state index in [1.165, 1.54) is 6.07 Å². The predicted octanol–water partition coefficient (Wildman–Crippen LogP) is 4.31. The van der Waals surface area contributed by atoms with Gasteiger partial charge in [-0.25, -0.2) is 22.0 Å². The number of halogens is 5. The van der Waals surface area contributed by atoms with E-state index in [-0.39, 0.29) is 5.75 Å². The molecule has 2 aromatic rings. The fourth-order valence-electron chi connectivity index (χ4n) is 2.14. The molecule has 174 valence electrons. The van der Waals surface area contributed by atoms with E-state index in [0.29, 0.717) is 9.99 Å². The number of rotatable bonds is 6. The van der Waals surface area contributed by atoms with Gasteiger partial charge in [-0.05, 0) is 61.1 Å². The van der Waals surface area contributed by atoms with Gasteiger partial charge in [-0.3, -0.25) is 4.79 Å². The van der Waals surface area contributed by atoms with Gasteiger partial charge in [-0.1, -0.05) is 6.92 Å². The molecule has 0 unspecified atom stereocenters. The topological polar surface area (TPSA) is 110 Å². The number of ether oxygens (including phenoxy) is 2. The standard InChI is InChI=1S/C19H15F4IO7S/c1-4-19(2,3)18(26)30-10-7-8(5-6-9(10)24)17(25)31-15-11(20)13(22)16(32(27,28)29)14(23)12(15)21/h5-7H,4H2,1-3H3,(H,27,28,29)/p-1. The molecule has 0 fully saturated rings. The molecule has 0 aliphatic rings. The summed E-state index contributed by atoms with van der Waals surface area (Å²) in [6, 6.07) is 3.43. The molecule has 2 rings (SSSR count). The Morgan fingerprint density at radius 1 is 1.03 bits per heavy atom. The van der Waals surface area contributed by atoms with Crippen LogP contribution in [0.15, 0.2) is 23.1 Å². The lowest BCUT2D eigenvalue weighted by molar-refractivity contribution is -0.144. The molecule has 0 atom stereocenters. The molecule has 0 radical (unpaired) electrons. The zero-order chi connectivity index (χ0) is 24.6. The van der Waals surface area contributed by atoms with E-state index in [2.05, 4.69) is 4.74 Å². The fraction of sp³-hybridized carbons (Fsp3) is 0.263. The lowest BCUT2D eigenvalue weighted by Crippen LogP contribution is -2.28. The second-order valence-electron chi connectivity index (χ2n) is 7.03. The van der Waals surface area contributed by atoms with E-state index in [4.69, 9.17) is 4.74 Å². The molecule has 0 aromatic heterocycles. The van der Waals surface area contributed by atoms with Crippen LogP contribution in [0.1, 0.15) is 37.6 Å². The monoisotopic (exact) mass is 589 g/mol. The number of hydrogen-bond acceptors (Lipinski definition) is 7. The van der Waals surface area contributed by atoms with Crippen molar-refractivity contribution in [2.75, 3.05) is 0 Å². The number of carbonyl (C=O) groups excluding carboxylic acids is 2. The third-order valence-electron chi connectivity index (χ3n) is 4.43. The van der Waals surface area contributed by atoms with Gasteiger partial charge in [-0.2, -0.15) is 8.78 Å². The molecule has 0 amide bonds. The van der Waals surface area contributed by atoms with Crippen LogP contribution >= 0.6 is 22.6 Å². The van der Waals surface area contributed by atoms with Gasteiger partial charge >= 0.3 is 11.9 Å². The summed E-state index contributed by atoms with van der Waals surface area (Å²) in [4.78, 5) is 22.2. The smallest absolute Gasteiger partial charge is 0.343 e. The number of hydrogen-bond donors (Lipinski definition) is 0. The molecule has 0 saturated carbocycles. The maximum absolute atomic E-state index is 14.1. The Labute approximate surface area is 193 Å². The lowest BCUT2D eigenvalue weighted by Gasteiger charge is -2.20. The Morgan fingerprint density at radius 3 is 2.03 bits per heavy atom. The molecule has 7 nitrogen and oxygen atoms in total. The quantitative estimate of drug-likeness (QED) is 0.123. The normalized spacial score (nSPS) is 11.9. The maximum atomic E-state index is 14.1. The molecule has 0 saturated heterocycles. The summed E-state index contributed by atoms with van der Waals surface area (Å²) in [5.74, 6) is -14.0. The molecule has 0 spiro atoms. The molecule has 0 N–H and O–H groups in total. The third kappa shape index (κ3) is 5.20. The lowest BCUT2D eigenvalue weighted by atomic mass is 9.91. The number of benzene rings is 2. The highest BCUT2D eigenvalue weighted by Gasteiger charge is 2.32. The zero-order valence-electron chi connectivity index (χ0n) is 16.6. The van der Waals surface area contributed by atoms with Crippen LogP contribution in [-0.2, 0) is 14.9 Å². The molecule has 0 aliphatic carbocycles. The summed E-state index contributed by atoms with van der Waals surface area (Å²) in [6.45, 7) is 5.01. The van der Waals surface area contributed by atoms with Crippen molar-refractivity contribution in [3.05, 3.63) is 50.6 Å². The Kier molecular flexibility index (Phi) is 7.56. The van der Waals surface area contributed by atoms with Gasteiger partial charge in [0.15, 0.2) is 11.6 Å². The average molecular weight is 589 g/mol. The Morgan fingerprint density at radius 2 is 1.56 bits per heavy atom. The molecular formula is C19H14F4IO7S-. The molecule has 32 heavy (non-hydrogen) atoms. The second kappa shape index (κ2) is 9.31. The van der Waals surface area contributed by atoms with E-state index in [1.807, 2.05) is 0 Å². The van der Waals surface area contributed by atoms with Crippen molar-refractivity contribution in [1.82, 2.24) is 0 Å². The van der Waals surface area contributed by atoms with Crippen LogP contribution in [0.5, 0.6) is 11.5 Å². The maximum Gasteiger partial charge on any atom is 0.343 e. The summed E-state index contributed by atoms with van der Waals surface area (Å²) in [7, 11) is -5.91. The van der Waals surface area contributed by atoms with Crippen LogP contribution in [0.4, 0.5) is 17.6 Å². The van der Waals surface area contributed by atoms with E-state index < -0.39 is 66.9 Å². The first-order valence-electron chi connectivity index (χ1n) is 8.67. The third-order valence-corrected chi connectivity index (χ3v) is 6.18. The molecule has 0 aliphatic heterocycles. The summed E-state index contributed by atoms with van der Waals surface area (Å²) in [5.41, 5.74) is -1.27. The molecule has 0 heterocycles. The Balaban J connectivity index is 2.44. The van der Waals surface area contributed by atoms with Crippen molar-refractivity contribution in [2.24, 2.45) is 5.41 Å². The summed E-state index contributed by atoms with van der Waals surface area (Å²) in [6.07, 6.45) is 0.439. The van der Waals surface area contributed by atoms with Crippen molar-refractivity contribution in [1.29, 1.82) is 0 Å². The van der Waals surface area contributed by atoms with Gasteiger partial charge in [0.25, 0.3) is 0 Å². The number of carbonyl (C=O) groups is 2. The average Bonchev–Trinajstić information content (AvgIpc) is 2.70. The predicted molar refractivity (Wildman–Crippen MR) is 108 cm³/mol. The van der Waals surface area contributed by atoms with Crippen molar-refractivity contribution in [3.63, 3.8) is 0 Å². The van der Waals surface area contributed by atoms with E-state index in [0.717, 1.165) is 12.1 Å². The first-order valence-corrected chi connectivity index (χ1v) is 11.2. The van der Waals surface area contributed by atoms with Crippen molar-refractivity contribution >= 4 is 44.6 Å². The number of esters is 2. The minimum absolute atomic E-state index is 0.0855. The first-order chi connectivity index (χ1) is 14.6. The molecule has 13 heteroatoms. The SMILES string of the molecule is CCC(C)(C)C(=O)Oc1cc(C(=O)Oc2c(F)c(F)c(S(=O)(=O)[O-])c(F)c2F)ccc1I. The van der Waals surface area contributed by atoms with Crippen LogP contribution in [0.2, 0.25) is 0 Å². The van der Waals surface area contributed by atoms with Crippen LogP contribution in [0.3, 0.4) is 0 Å². The van der Waals surface area contributed by atoms with Crippen LogP contribution in [0.25, 0.3) is 0 Å². The first kappa shape index (κ1) is 26.0. The van der Waals surface area contributed by atoms with Gasteiger partial charge < -0.3 is 14.0 Å². The minimum atomic E-state index is -5.91. The molecule has 0 bridgehead atoms. The Hall–Kier alpha value is -2.26. The van der Waals surface area contributed by atoms with Crippen molar-refractivity contribution in [2.45, 2.75) is 32.1 Å². The van der Waals surface area contributed by atoms with Gasteiger partial charge in [0.1, 0.15) is 20.8 Å². The second-order valence-corrected chi connectivity index (χ2v) is 9.51. The van der Waals surface area contributed by atoms with Crippen molar-refractivity contribution in [3.8, 4) is 11.5 Å². The van der Waals surface area contributed by atoms with Gasteiger partial charge in [-0.15, -0.1) is 0 Å². The highest BCUT2D eigenvalue weighted by atomic mass is 127. The fourth-order valence-corrected chi connectivity index (χ4v) is 3.21. The zero-order valence-corrected chi connectivity index (χ0v) is 19.6. The van der Waals surface area contributed by atoms with Gasteiger partial charge in [0.2, 0.25) is 17.4 Å². The van der Waals surface area contributed by atoms with Crippen LogP contribution in [-0.4, -0.2) is 24.9 Å². The van der Waals surface area contributed by atoms with Crippen LogP contribution < -0.4 is 9.47 Å². The largest absolute Gasteiger partial charge is 0.744 e. The van der Waals surface area contributed by atoms with Crippen LogP contribution in [0, 0.1) is 32.3 Å². The summed E-state index contributed by atoms with van der Waals surface area (Å²) >= 11 is 1.79. The van der Waals surface area contributed by atoms with Gasteiger partial charge in [0.05, 0.1) is 14.5 Å². The highest BCUT2D eigenvalue weighted by molar-refractivity contribution is 14.1.